The van der Waals surface area contributed by atoms with Crippen LogP contribution in [0.2, 0.25) is 0 Å². The van der Waals surface area contributed by atoms with E-state index in [0.29, 0.717) is 0 Å². The summed E-state index contributed by atoms with van der Waals surface area (Å²) in [4.78, 5) is 26.7. The third-order valence-electron chi connectivity index (χ3n) is 2.63. The number of ketones is 1. The van der Waals surface area contributed by atoms with E-state index in [9.17, 15) is 9.59 Å². The van der Waals surface area contributed by atoms with Crippen molar-refractivity contribution in [3.63, 3.8) is 0 Å². The fourth-order valence-corrected chi connectivity index (χ4v) is 1.73. The molecule has 1 N–H and O–H groups in total. The molecule has 16 heavy (non-hydrogen) atoms. The largest absolute Gasteiger partial charge is 0.476 e. The normalized spacial score (nSPS) is 18.9. The Bertz CT molecular complexity index is 274. The standard InChI is InChI=1S/C11H17NO4/c1-8(13)10(11(14)15)12-16-9-6-4-2-3-5-7-9/h9H,2-7H2,1H3,(H,14,15). The van der Waals surface area contributed by atoms with Gasteiger partial charge in [0.05, 0.1) is 0 Å². The van der Waals surface area contributed by atoms with Crippen LogP contribution in [0.3, 0.4) is 0 Å². The van der Waals surface area contributed by atoms with Crippen LogP contribution in [0.15, 0.2) is 5.16 Å². The summed E-state index contributed by atoms with van der Waals surface area (Å²) in [5, 5.41) is 12.2. The van der Waals surface area contributed by atoms with Crippen molar-refractivity contribution in [1.82, 2.24) is 0 Å². The van der Waals surface area contributed by atoms with Crippen LogP contribution < -0.4 is 0 Å². The van der Waals surface area contributed by atoms with Gasteiger partial charge in [-0.15, -0.1) is 0 Å². The molecular weight excluding hydrogens is 210 g/mol. The number of carbonyl (C=O) groups excluding carboxylic acids is 1. The summed E-state index contributed by atoms with van der Waals surface area (Å²) < 4.78 is 0. The molecule has 0 saturated heterocycles. The third-order valence-corrected chi connectivity index (χ3v) is 2.63. The van der Waals surface area contributed by atoms with E-state index in [4.69, 9.17) is 9.94 Å². The Labute approximate surface area is 94.5 Å². The van der Waals surface area contributed by atoms with Gasteiger partial charge < -0.3 is 9.94 Å². The Morgan fingerprint density at radius 2 is 1.75 bits per heavy atom. The highest BCUT2D eigenvalue weighted by atomic mass is 16.6. The predicted octanol–water partition coefficient (Wildman–Crippen LogP) is 1.76. The summed E-state index contributed by atoms with van der Waals surface area (Å²) >= 11 is 0. The predicted molar refractivity (Wildman–Crippen MR) is 58.3 cm³/mol. The minimum atomic E-state index is -1.33. The number of hydrogen-bond donors (Lipinski definition) is 1. The summed E-state index contributed by atoms with van der Waals surface area (Å²) in [6, 6.07) is 0. The first kappa shape index (κ1) is 12.7. The summed E-state index contributed by atoms with van der Waals surface area (Å²) in [5.74, 6) is -1.91. The molecule has 0 aliphatic heterocycles. The van der Waals surface area contributed by atoms with E-state index in [-0.39, 0.29) is 6.10 Å². The Morgan fingerprint density at radius 1 is 1.19 bits per heavy atom. The second kappa shape index (κ2) is 6.25. The molecule has 0 atom stereocenters. The summed E-state index contributed by atoms with van der Waals surface area (Å²) in [6.45, 7) is 1.17. The lowest BCUT2D eigenvalue weighted by atomic mass is 10.2. The second-order valence-corrected chi connectivity index (χ2v) is 4.02. The fraction of sp³-hybridized carbons (Fsp3) is 0.727. The number of Topliss-reactive ketones (excluding diaryl/α,β-unsaturated/α-hetero) is 1. The van der Waals surface area contributed by atoms with Gasteiger partial charge in [0.15, 0.2) is 5.78 Å². The number of hydrogen-bond acceptors (Lipinski definition) is 4. The lowest BCUT2D eigenvalue weighted by molar-refractivity contribution is -0.130. The van der Waals surface area contributed by atoms with E-state index in [2.05, 4.69) is 5.16 Å². The van der Waals surface area contributed by atoms with E-state index in [0.717, 1.165) is 25.7 Å². The minimum Gasteiger partial charge on any atom is -0.476 e. The molecule has 0 bridgehead atoms. The summed E-state index contributed by atoms with van der Waals surface area (Å²) in [6.07, 6.45) is 6.23. The molecule has 5 heteroatoms. The van der Waals surface area contributed by atoms with Crippen LogP contribution in [0.1, 0.15) is 45.4 Å². The topological polar surface area (TPSA) is 76.0 Å². The van der Waals surface area contributed by atoms with E-state index in [1.54, 1.807) is 0 Å². The maximum absolute atomic E-state index is 10.9. The molecule has 0 unspecified atom stereocenters. The van der Waals surface area contributed by atoms with Crippen molar-refractivity contribution < 1.29 is 19.5 Å². The molecule has 0 spiro atoms. The van der Waals surface area contributed by atoms with E-state index in [1.807, 2.05) is 0 Å². The van der Waals surface area contributed by atoms with Crippen molar-refractivity contribution in [3.8, 4) is 0 Å². The molecule has 90 valence electrons. The molecule has 1 rings (SSSR count). The maximum Gasteiger partial charge on any atom is 0.361 e. The number of carboxylic acids is 1. The van der Waals surface area contributed by atoms with E-state index >= 15 is 0 Å². The monoisotopic (exact) mass is 227 g/mol. The van der Waals surface area contributed by atoms with Crippen LogP contribution in [-0.4, -0.2) is 28.7 Å². The Kier molecular flexibility index (Phi) is 4.95. The van der Waals surface area contributed by atoms with Crippen LogP contribution in [0.4, 0.5) is 0 Å². The highest BCUT2D eigenvalue weighted by Gasteiger charge is 2.18. The van der Waals surface area contributed by atoms with Gasteiger partial charge in [-0.25, -0.2) is 4.79 Å². The summed E-state index contributed by atoms with van der Waals surface area (Å²) in [7, 11) is 0. The number of carbonyl (C=O) groups is 2. The van der Waals surface area contributed by atoms with Crippen molar-refractivity contribution in [3.05, 3.63) is 0 Å². The molecule has 1 saturated carbocycles. The molecule has 1 aliphatic carbocycles. The van der Waals surface area contributed by atoms with Crippen LogP contribution in [0.25, 0.3) is 0 Å². The van der Waals surface area contributed by atoms with Gasteiger partial charge >= 0.3 is 5.97 Å². The zero-order chi connectivity index (χ0) is 12.0. The van der Waals surface area contributed by atoms with Crippen molar-refractivity contribution in [1.29, 1.82) is 0 Å². The Hall–Kier alpha value is -1.39. The number of oxime groups is 1. The van der Waals surface area contributed by atoms with Crippen LogP contribution in [-0.2, 0) is 14.4 Å². The number of carboxylic acid groups (broad SMARTS) is 1. The minimum absolute atomic E-state index is 0.0452. The van der Waals surface area contributed by atoms with E-state index in [1.165, 1.54) is 19.8 Å². The molecular formula is C11H17NO4. The van der Waals surface area contributed by atoms with Gasteiger partial charge in [0, 0.05) is 6.92 Å². The molecule has 0 radical (unpaired) electrons. The Balaban J connectivity index is 2.54. The molecule has 0 heterocycles. The highest BCUT2D eigenvalue weighted by molar-refractivity contribution is 6.63. The zero-order valence-electron chi connectivity index (χ0n) is 9.44. The fourth-order valence-electron chi connectivity index (χ4n) is 1.73. The highest BCUT2D eigenvalue weighted by Crippen LogP contribution is 2.19. The van der Waals surface area contributed by atoms with E-state index < -0.39 is 17.5 Å². The number of rotatable bonds is 4. The molecule has 1 fully saturated rings. The lowest BCUT2D eigenvalue weighted by Gasteiger charge is -2.11. The van der Waals surface area contributed by atoms with Crippen molar-refractivity contribution in [2.75, 3.05) is 0 Å². The van der Waals surface area contributed by atoms with Crippen molar-refractivity contribution in [2.24, 2.45) is 5.16 Å². The first-order valence-electron chi connectivity index (χ1n) is 5.59. The van der Waals surface area contributed by atoms with Crippen LogP contribution in [0.5, 0.6) is 0 Å². The van der Waals surface area contributed by atoms with Gasteiger partial charge in [0.1, 0.15) is 6.10 Å². The quantitative estimate of drug-likeness (QED) is 0.343. The molecule has 0 aromatic carbocycles. The summed E-state index contributed by atoms with van der Waals surface area (Å²) in [5.41, 5.74) is -0.524. The third kappa shape index (κ3) is 4.00. The van der Waals surface area contributed by atoms with Gasteiger partial charge in [-0.2, -0.15) is 0 Å². The van der Waals surface area contributed by atoms with Gasteiger partial charge in [-0.3, -0.25) is 4.79 Å². The average Bonchev–Trinajstić information content (AvgIpc) is 2.45. The smallest absolute Gasteiger partial charge is 0.361 e. The molecule has 5 nitrogen and oxygen atoms in total. The number of aliphatic carboxylic acids is 1. The van der Waals surface area contributed by atoms with Gasteiger partial charge in [-0.1, -0.05) is 18.0 Å². The lowest BCUT2D eigenvalue weighted by Crippen LogP contribution is -2.23. The number of nitrogens with zero attached hydrogens (tertiary/aromatic N) is 1. The second-order valence-electron chi connectivity index (χ2n) is 4.02. The van der Waals surface area contributed by atoms with Crippen LogP contribution in [0, 0.1) is 0 Å². The molecule has 0 aromatic rings. The molecule has 1 aliphatic rings. The average molecular weight is 227 g/mol. The first-order chi connectivity index (χ1) is 7.61. The van der Waals surface area contributed by atoms with Crippen LogP contribution >= 0.6 is 0 Å². The van der Waals surface area contributed by atoms with Gasteiger partial charge in [0.2, 0.25) is 5.71 Å². The first-order valence-corrected chi connectivity index (χ1v) is 5.59. The molecule has 0 aromatic heterocycles. The Morgan fingerprint density at radius 3 is 2.19 bits per heavy atom. The van der Waals surface area contributed by atoms with Crippen molar-refractivity contribution in [2.45, 2.75) is 51.6 Å². The maximum atomic E-state index is 10.9. The molecule has 0 amide bonds. The SMILES string of the molecule is CC(=O)C(=NOC1CCCCCC1)C(=O)O. The van der Waals surface area contributed by atoms with Gasteiger partial charge in [-0.05, 0) is 25.7 Å². The van der Waals surface area contributed by atoms with Crippen molar-refractivity contribution >= 4 is 17.5 Å². The zero-order valence-corrected chi connectivity index (χ0v) is 9.44. The van der Waals surface area contributed by atoms with Gasteiger partial charge in [0.25, 0.3) is 0 Å².